The van der Waals surface area contributed by atoms with E-state index in [9.17, 15) is 9.59 Å². The van der Waals surface area contributed by atoms with E-state index in [0.29, 0.717) is 13.0 Å². The molecular formula is C8H8O4. The molecule has 2 rings (SSSR count). The first-order chi connectivity index (χ1) is 5.79. The van der Waals surface area contributed by atoms with E-state index in [1.807, 2.05) is 0 Å². The third kappa shape index (κ3) is 3.01. The lowest BCUT2D eigenvalue weighted by molar-refractivity contribution is -0.136. The van der Waals surface area contributed by atoms with Crippen molar-refractivity contribution in [2.75, 3.05) is 6.61 Å². The van der Waals surface area contributed by atoms with Gasteiger partial charge in [-0.05, 0) is 12.2 Å². The van der Waals surface area contributed by atoms with Gasteiger partial charge in [0.1, 0.15) is 6.61 Å². The van der Waals surface area contributed by atoms with Crippen LogP contribution >= 0.6 is 0 Å². The largest absolute Gasteiger partial charge is 0.458 e. The van der Waals surface area contributed by atoms with Gasteiger partial charge in [-0.15, -0.1) is 0 Å². The Bertz CT molecular complexity index is 229. The van der Waals surface area contributed by atoms with Gasteiger partial charge in [-0.1, -0.05) is 0 Å². The van der Waals surface area contributed by atoms with E-state index < -0.39 is 0 Å². The van der Waals surface area contributed by atoms with Crippen molar-refractivity contribution in [3.05, 3.63) is 24.5 Å². The van der Waals surface area contributed by atoms with E-state index in [-0.39, 0.29) is 11.9 Å². The molecule has 4 heteroatoms. The molecule has 12 heavy (non-hydrogen) atoms. The van der Waals surface area contributed by atoms with Crippen LogP contribution in [0.25, 0.3) is 0 Å². The Morgan fingerprint density at radius 3 is 2.25 bits per heavy atom. The van der Waals surface area contributed by atoms with Crippen LogP contribution in [0.15, 0.2) is 24.5 Å². The molecule has 2 aliphatic rings. The average Bonchev–Trinajstić information content (AvgIpc) is 2.63. The molecule has 0 spiro atoms. The van der Waals surface area contributed by atoms with Crippen LogP contribution in [-0.4, -0.2) is 18.5 Å². The molecule has 0 aromatic heterocycles. The highest BCUT2D eigenvalue weighted by Gasteiger charge is 2.00. The van der Waals surface area contributed by atoms with Crippen molar-refractivity contribution in [3.63, 3.8) is 0 Å². The number of carbonyl (C=O) groups excluding carboxylic acids is 2. The number of rotatable bonds is 0. The van der Waals surface area contributed by atoms with Crippen molar-refractivity contribution >= 4 is 11.9 Å². The summed E-state index contributed by atoms with van der Waals surface area (Å²) in [6.45, 7) is 0.457. The fourth-order valence-electron chi connectivity index (χ4n) is 0.639. The molecule has 0 fully saturated rings. The van der Waals surface area contributed by atoms with E-state index in [1.54, 1.807) is 12.2 Å². The Labute approximate surface area is 69.5 Å². The molecule has 64 valence electrons. The first-order valence-corrected chi connectivity index (χ1v) is 3.47. The zero-order valence-corrected chi connectivity index (χ0v) is 6.36. The molecule has 0 saturated carbocycles. The molecule has 0 bridgehead atoms. The zero-order valence-electron chi connectivity index (χ0n) is 6.36. The van der Waals surface area contributed by atoms with E-state index in [2.05, 4.69) is 9.47 Å². The van der Waals surface area contributed by atoms with Gasteiger partial charge < -0.3 is 9.47 Å². The standard InChI is InChI=1S/2C4H4O2/c2*5-4-2-1-3-6-4/h1,3H,2H2;1-2H,3H2. The van der Waals surface area contributed by atoms with Gasteiger partial charge in [0, 0.05) is 6.08 Å². The summed E-state index contributed by atoms with van der Waals surface area (Å²) in [4.78, 5) is 19.9. The highest BCUT2D eigenvalue weighted by Crippen LogP contribution is 1.96. The van der Waals surface area contributed by atoms with Crippen LogP contribution < -0.4 is 0 Å². The third-order valence-corrected chi connectivity index (χ3v) is 1.16. The lowest BCUT2D eigenvalue weighted by atomic mass is 10.5. The second-order valence-corrected chi connectivity index (χ2v) is 2.10. The summed E-state index contributed by atoms with van der Waals surface area (Å²) in [5.74, 6) is -0.384. The topological polar surface area (TPSA) is 52.6 Å². The molecule has 0 N–H and O–H groups in total. The smallest absolute Gasteiger partial charge is 0.330 e. The summed E-state index contributed by atoms with van der Waals surface area (Å²) in [5.41, 5.74) is 0. The van der Waals surface area contributed by atoms with Crippen LogP contribution in [-0.2, 0) is 19.1 Å². The van der Waals surface area contributed by atoms with E-state index in [0.717, 1.165) is 0 Å². The summed E-state index contributed by atoms with van der Waals surface area (Å²) in [5, 5.41) is 0. The van der Waals surface area contributed by atoms with E-state index in [4.69, 9.17) is 0 Å². The monoisotopic (exact) mass is 168 g/mol. The number of cyclic esters (lactones) is 2. The van der Waals surface area contributed by atoms with E-state index in [1.165, 1.54) is 12.3 Å². The quantitative estimate of drug-likeness (QED) is 0.495. The summed E-state index contributed by atoms with van der Waals surface area (Å²) in [7, 11) is 0. The van der Waals surface area contributed by atoms with Gasteiger partial charge in [0.2, 0.25) is 0 Å². The minimum absolute atomic E-state index is 0.157. The summed E-state index contributed by atoms with van der Waals surface area (Å²) in [6.07, 6.45) is 6.63. The molecule has 0 aromatic rings. The summed E-state index contributed by atoms with van der Waals surface area (Å²) < 4.78 is 8.74. The van der Waals surface area contributed by atoms with Crippen LogP contribution in [0.2, 0.25) is 0 Å². The van der Waals surface area contributed by atoms with Gasteiger partial charge in [0.25, 0.3) is 0 Å². The maximum Gasteiger partial charge on any atom is 0.330 e. The van der Waals surface area contributed by atoms with Crippen molar-refractivity contribution in [3.8, 4) is 0 Å². The van der Waals surface area contributed by atoms with Crippen LogP contribution in [0.4, 0.5) is 0 Å². The first-order valence-electron chi connectivity index (χ1n) is 3.47. The molecule has 0 atom stereocenters. The summed E-state index contributed by atoms with van der Waals surface area (Å²) >= 11 is 0. The van der Waals surface area contributed by atoms with E-state index >= 15 is 0 Å². The molecule has 0 aromatic carbocycles. The molecular weight excluding hydrogens is 160 g/mol. The van der Waals surface area contributed by atoms with Crippen LogP contribution in [0.5, 0.6) is 0 Å². The van der Waals surface area contributed by atoms with Crippen LogP contribution in [0.3, 0.4) is 0 Å². The molecule has 0 amide bonds. The number of ether oxygens (including phenoxy) is 2. The second kappa shape index (κ2) is 4.33. The van der Waals surface area contributed by atoms with Crippen LogP contribution in [0, 0.1) is 0 Å². The molecule has 4 nitrogen and oxygen atoms in total. The Kier molecular flexibility index (Phi) is 3.07. The Balaban J connectivity index is 0.000000120. The number of carbonyl (C=O) groups is 2. The fourth-order valence-corrected chi connectivity index (χ4v) is 0.639. The Morgan fingerprint density at radius 1 is 1.25 bits per heavy atom. The molecule has 0 aliphatic carbocycles. The zero-order chi connectivity index (χ0) is 8.81. The number of hydrogen-bond acceptors (Lipinski definition) is 4. The lowest BCUT2D eigenvalue weighted by Crippen LogP contribution is -1.89. The molecule has 2 aliphatic heterocycles. The third-order valence-electron chi connectivity index (χ3n) is 1.16. The normalized spacial score (nSPS) is 18.3. The van der Waals surface area contributed by atoms with Gasteiger partial charge in [-0.3, -0.25) is 4.79 Å². The van der Waals surface area contributed by atoms with Crippen molar-refractivity contribution in [2.24, 2.45) is 0 Å². The summed E-state index contributed by atoms with van der Waals surface area (Å²) in [6, 6.07) is 0. The minimum atomic E-state index is -0.227. The minimum Gasteiger partial charge on any atom is -0.458 e. The second-order valence-electron chi connectivity index (χ2n) is 2.10. The van der Waals surface area contributed by atoms with Gasteiger partial charge in [0.05, 0.1) is 12.7 Å². The molecule has 2 heterocycles. The molecule has 0 saturated heterocycles. The van der Waals surface area contributed by atoms with Crippen LogP contribution in [0.1, 0.15) is 6.42 Å². The van der Waals surface area contributed by atoms with Gasteiger partial charge in [-0.2, -0.15) is 0 Å². The SMILES string of the molecule is O=C1C=CCO1.O=C1CC=CO1. The predicted octanol–water partition coefficient (Wildman–Crippen LogP) is 0.546. The van der Waals surface area contributed by atoms with Gasteiger partial charge in [0.15, 0.2) is 0 Å². The number of hydrogen-bond donors (Lipinski definition) is 0. The first kappa shape index (κ1) is 8.52. The fraction of sp³-hybridized carbons (Fsp3) is 0.250. The highest BCUT2D eigenvalue weighted by atomic mass is 16.5. The van der Waals surface area contributed by atoms with Crippen molar-refractivity contribution in [2.45, 2.75) is 6.42 Å². The van der Waals surface area contributed by atoms with Crippen molar-refractivity contribution < 1.29 is 19.1 Å². The lowest BCUT2D eigenvalue weighted by Gasteiger charge is -1.81. The Morgan fingerprint density at radius 2 is 2.08 bits per heavy atom. The average molecular weight is 168 g/mol. The maximum atomic E-state index is 9.96. The maximum absolute atomic E-state index is 9.96. The van der Waals surface area contributed by atoms with Crippen molar-refractivity contribution in [1.29, 1.82) is 0 Å². The Hall–Kier alpha value is -1.58. The molecule has 0 unspecified atom stereocenters. The predicted molar refractivity (Wildman–Crippen MR) is 39.9 cm³/mol. The molecule has 0 radical (unpaired) electrons. The van der Waals surface area contributed by atoms with Gasteiger partial charge in [-0.25, -0.2) is 4.79 Å². The van der Waals surface area contributed by atoms with Gasteiger partial charge >= 0.3 is 11.9 Å². The number of esters is 2. The highest BCUT2D eigenvalue weighted by molar-refractivity contribution is 5.83. The van der Waals surface area contributed by atoms with Crippen molar-refractivity contribution in [1.82, 2.24) is 0 Å².